The van der Waals surface area contributed by atoms with Gasteiger partial charge >= 0.3 is 0 Å². The fourth-order valence-corrected chi connectivity index (χ4v) is 3.74. The summed E-state index contributed by atoms with van der Waals surface area (Å²) in [4.78, 5) is 25.8. The molecule has 0 radical (unpaired) electrons. The fourth-order valence-electron chi connectivity index (χ4n) is 3.74. The van der Waals surface area contributed by atoms with Crippen molar-refractivity contribution >= 4 is 11.8 Å². The molecule has 2 aliphatic rings. The third-order valence-corrected chi connectivity index (χ3v) is 5.12. The number of amides is 2. The average molecular weight is 338 g/mol. The van der Waals surface area contributed by atoms with Crippen LogP contribution in [-0.4, -0.2) is 46.0 Å². The van der Waals surface area contributed by atoms with Crippen LogP contribution in [0.1, 0.15) is 30.5 Å². The van der Waals surface area contributed by atoms with E-state index in [2.05, 4.69) is 27.6 Å². The lowest BCUT2D eigenvalue weighted by molar-refractivity contribution is -0.131. The SMILES string of the molecule is O=C1CC[C@H](CC(=O)N2CCc3[nH]nc(-c4ccccc4)c3CC2)N1. The number of fused-ring (bicyclic) bond motifs is 1. The number of rotatable bonds is 3. The predicted octanol–water partition coefficient (Wildman–Crippen LogP) is 1.67. The van der Waals surface area contributed by atoms with E-state index in [0.717, 1.165) is 36.2 Å². The molecule has 6 nitrogen and oxygen atoms in total. The number of hydrogen-bond acceptors (Lipinski definition) is 3. The highest BCUT2D eigenvalue weighted by Crippen LogP contribution is 2.26. The molecule has 0 spiro atoms. The monoisotopic (exact) mass is 338 g/mol. The highest BCUT2D eigenvalue weighted by Gasteiger charge is 2.27. The summed E-state index contributed by atoms with van der Waals surface area (Å²) in [5.41, 5.74) is 4.44. The topological polar surface area (TPSA) is 78.1 Å². The zero-order chi connectivity index (χ0) is 17.2. The van der Waals surface area contributed by atoms with Gasteiger partial charge in [0.05, 0.1) is 5.69 Å². The third kappa shape index (κ3) is 3.29. The van der Waals surface area contributed by atoms with Crippen LogP contribution in [-0.2, 0) is 22.4 Å². The maximum absolute atomic E-state index is 12.6. The van der Waals surface area contributed by atoms with Gasteiger partial charge in [0.1, 0.15) is 0 Å². The Morgan fingerprint density at radius 2 is 1.96 bits per heavy atom. The van der Waals surface area contributed by atoms with E-state index in [-0.39, 0.29) is 17.9 Å². The summed E-state index contributed by atoms with van der Waals surface area (Å²) >= 11 is 0. The molecule has 2 aliphatic heterocycles. The number of hydrogen-bond donors (Lipinski definition) is 2. The normalized spacial score (nSPS) is 20.1. The zero-order valence-corrected chi connectivity index (χ0v) is 14.1. The molecule has 1 atom stereocenters. The minimum Gasteiger partial charge on any atom is -0.353 e. The Balaban J connectivity index is 1.44. The van der Waals surface area contributed by atoms with Crippen molar-refractivity contribution in [3.8, 4) is 11.3 Å². The molecule has 0 saturated carbocycles. The van der Waals surface area contributed by atoms with E-state index in [0.29, 0.717) is 25.9 Å². The van der Waals surface area contributed by atoms with Crippen LogP contribution in [0.5, 0.6) is 0 Å². The second-order valence-corrected chi connectivity index (χ2v) is 6.78. The van der Waals surface area contributed by atoms with Crippen molar-refractivity contribution in [3.05, 3.63) is 41.6 Å². The van der Waals surface area contributed by atoms with Crippen LogP contribution in [0.3, 0.4) is 0 Å². The summed E-state index contributed by atoms with van der Waals surface area (Å²) in [6.07, 6.45) is 3.30. The molecule has 3 heterocycles. The van der Waals surface area contributed by atoms with Gasteiger partial charge in [0, 0.05) is 55.2 Å². The Bertz CT molecular complexity index is 784. The molecule has 6 heteroatoms. The van der Waals surface area contributed by atoms with Gasteiger partial charge in [-0.3, -0.25) is 14.7 Å². The van der Waals surface area contributed by atoms with Crippen molar-refractivity contribution in [1.82, 2.24) is 20.4 Å². The van der Waals surface area contributed by atoms with Crippen molar-refractivity contribution in [2.45, 2.75) is 38.1 Å². The summed E-state index contributed by atoms with van der Waals surface area (Å²) in [6.45, 7) is 1.40. The number of nitrogens with zero attached hydrogens (tertiary/aromatic N) is 2. The highest BCUT2D eigenvalue weighted by atomic mass is 16.2. The lowest BCUT2D eigenvalue weighted by Gasteiger charge is -2.22. The number of aromatic nitrogens is 2. The standard InChI is InChI=1S/C19H22N4O2/c24-17-7-6-14(20-17)12-18(25)23-10-8-15-16(9-11-23)21-22-19(15)13-4-2-1-3-5-13/h1-5,14H,6-12H2,(H,20,24)(H,21,22)/t14-/m1/s1. The molecule has 1 aromatic carbocycles. The van der Waals surface area contributed by atoms with Crippen LogP contribution in [0.2, 0.25) is 0 Å². The Hall–Kier alpha value is -2.63. The zero-order valence-electron chi connectivity index (χ0n) is 14.1. The Morgan fingerprint density at radius 1 is 1.16 bits per heavy atom. The van der Waals surface area contributed by atoms with Gasteiger partial charge in [0.25, 0.3) is 0 Å². The number of H-pyrrole nitrogens is 1. The van der Waals surface area contributed by atoms with Gasteiger partial charge in [-0.2, -0.15) is 5.10 Å². The summed E-state index contributed by atoms with van der Waals surface area (Å²) in [5, 5.41) is 10.5. The van der Waals surface area contributed by atoms with E-state index >= 15 is 0 Å². The lowest BCUT2D eigenvalue weighted by Crippen LogP contribution is -2.38. The fraction of sp³-hybridized carbons (Fsp3) is 0.421. The van der Waals surface area contributed by atoms with E-state index in [1.807, 2.05) is 23.1 Å². The number of carbonyl (C=O) groups excluding carboxylic acids is 2. The third-order valence-electron chi connectivity index (χ3n) is 5.12. The van der Waals surface area contributed by atoms with Crippen LogP contribution >= 0.6 is 0 Å². The van der Waals surface area contributed by atoms with Crippen molar-refractivity contribution in [2.75, 3.05) is 13.1 Å². The highest BCUT2D eigenvalue weighted by molar-refractivity contribution is 5.82. The van der Waals surface area contributed by atoms with Crippen molar-refractivity contribution in [3.63, 3.8) is 0 Å². The van der Waals surface area contributed by atoms with E-state index < -0.39 is 0 Å². The summed E-state index contributed by atoms with van der Waals surface area (Å²) < 4.78 is 0. The van der Waals surface area contributed by atoms with Gasteiger partial charge in [0.2, 0.25) is 11.8 Å². The molecule has 0 aliphatic carbocycles. The smallest absolute Gasteiger partial charge is 0.224 e. The molecular weight excluding hydrogens is 316 g/mol. The van der Waals surface area contributed by atoms with Crippen LogP contribution in [0.4, 0.5) is 0 Å². The van der Waals surface area contributed by atoms with Gasteiger partial charge in [-0.15, -0.1) is 0 Å². The summed E-state index contributed by atoms with van der Waals surface area (Å²) in [5.74, 6) is 0.189. The van der Waals surface area contributed by atoms with Gasteiger partial charge in [-0.25, -0.2) is 0 Å². The maximum Gasteiger partial charge on any atom is 0.224 e. The van der Waals surface area contributed by atoms with Crippen molar-refractivity contribution < 1.29 is 9.59 Å². The molecule has 2 amide bonds. The largest absolute Gasteiger partial charge is 0.353 e. The van der Waals surface area contributed by atoms with Gasteiger partial charge < -0.3 is 10.2 Å². The van der Waals surface area contributed by atoms with Crippen molar-refractivity contribution in [1.29, 1.82) is 0 Å². The Morgan fingerprint density at radius 3 is 2.72 bits per heavy atom. The minimum atomic E-state index is 0.00243. The number of aromatic amines is 1. The Labute approximate surface area is 146 Å². The molecule has 2 aromatic rings. The van der Waals surface area contributed by atoms with Gasteiger partial charge in [-0.1, -0.05) is 30.3 Å². The molecule has 1 saturated heterocycles. The summed E-state index contributed by atoms with van der Waals surface area (Å²) in [6, 6.07) is 10.2. The second kappa shape index (κ2) is 6.70. The molecule has 0 unspecified atom stereocenters. The van der Waals surface area contributed by atoms with Crippen LogP contribution < -0.4 is 5.32 Å². The molecule has 4 rings (SSSR count). The second-order valence-electron chi connectivity index (χ2n) is 6.78. The molecule has 2 N–H and O–H groups in total. The van der Waals surface area contributed by atoms with E-state index in [1.165, 1.54) is 5.56 Å². The first-order chi connectivity index (χ1) is 12.2. The van der Waals surface area contributed by atoms with E-state index in [9.17, 15) is 9.59 Å². The lowest BCUT2D eigenvalue weighted by atomic mass is 10.0. The first-order valence-electron chi connectivity index (χ1n) is 8.89. The molecule has 1 fully saturated rings. The number of carbonyl (C=O) groups is 2. The first kappa shape index (κ1) is 15.9. The first-order valence-corrected chi connectivity index (χ1v) is 8.89. The number of nitrogens with one attached hydrogen (secondary N) is 2. The van der Waals surface area contributed by atoms with E-state index in [4.69, 9.17) is 0 Å². The maximum atomic E-state index is 12.6. The Kier molecular flexibility index (Phi) is 4.26. The molecular formula is C19H22N4O2. The molecule has 25 heavy (non-hydrogen) atoms. The molecule has 0 bridgehead atoms. The quantitative estimate of drug-likeness (QED) is 0.894. The van der Waals surface area contributed by atoms with Gasteiger partial charge in [0.15, 0.2) is 0 Å². The van der Waals surface area contributed by atoms with Crippen LogP contribution in [0.15, 0.2) is 30.3 Å². The number of benzene rings is 1. The predicted molar refractivity (Wildman–Crippen MR) is 93.8 cm³/mol. The van der Waals surface area contributed by atoms with Crippen LogP contribution in [0, 0.1) is 0 Å². The van der Waals surface area contributed by atoms with Crippen molar-refractivity contribution in [2.24, 2.45) is 0 Å². The van der Waals surface area contributed by atoms with E-state index in [1.54, 1.807) is 0 Å². The average Bonchev–Trinajstić information content (AvgIpc) is 3.15. The summed E-state index contributed by atoms with van der Waals surface area (Å²) in [7, 11) is 0. The molecule has 1 aromatic heterocycles. The minimum absolute atomic E-state index is 0.00243. The van der Waals surface area contributed by atoms with Gasteiger partial charge in [-0.05, 0) is 12.8 Å². The van der Waals surface area contributed by atoms with Crippen LogP contribution in [0.25, 0.3) is 11.3 Å². The molecule has 130 valence electrons.